The first kappa shape index (κ1) is 12.9. The van der Waals surface area contributed by atoms with Crippen LogP contribution in [0.25, 0.3) is 0 Å². The van der Waals surface area contributed by atoms with Crippen molar-refractivity contribution in [3.63, 3.8) is 0 Å². The van der Waals surface area contributed by atoms with Gasteiger partial charge in [-0.2, -0.15) is 0 Å². The highest BCUT2D eigenvalue weighted by atomic mass is 16.5. The maximum absolute atomic E-state index is 11.3. The van der Waals surface area contributed by atoms with E-state index in [1.54, 1.807) is 0 Å². The summed E-state index contributed by atoms with van der Waals surface area (Å²) in [6.07, 6.45) is 0. The van der Waals surface area contributed by atoms with E-state index in [1.165, 1.54) is 0 Å². The zero-order valence-corrected chi connectivity index (χ0v) is 9.02. The standard InChI is InChI=1S/C9H16N2O5/c1-9(4-10-5-9)16-3-7(13)11-6(2-12)8(14)15/h6,10,12H,2-5H2,1H3,(H,11,13)(H,14,15)/t6-/m1/s1. The molecule has 1 heterocycles. The van der Waals surface area contributed by atoms with Crippen molar-refractivity contribution in [1.82, 2.24) is 10.6 Å². The summed E-state index contributed by atoms with van der Waals surface area (Å²) in [5.41, 5.74) is -0.352. The summed E-state index contributed by atoms with van der Waals surface area (Å²) in [6, 6.07) is -1.27. The van der Waals surface area contributed by atoms with E-state index >= 15 is 0 Å². The summed E-state index contributed by atoms with van der Waals surface area (Å²) in [7, 11) is 0. The molecule has 1 fully saturated rings. The van der Waals surface area contributed by atoms with Crippen LogP contribution in [0.2, 0.25) is 0 Å². The number of ether oxygens (including phenoxy) is 1. The molecule has 1 atom stereocenters. The molecule has 1 aliphatic heterocycles. The molecule has 0 bridgehead atoms. The molecule has 0 aromatic rings. The van der Waals surface area contributed by atoms with Crippen LogP contribution in [-0.2, 0) is 14.3 Å². The second kappa shape index (κ2) is 5.24. The second-order valence-corrected chi connectivity index (χ2v) is 3.98. The lowest BCUT2D eigenvalue weighted by Gasteiger charge is -2.38. The highest BCUT2D eigenvalue weighted by molar-refractivity contribution is 5.84. The Labute approximate surface area is 92.8 Å². The third kappa shape index (κ3) is 3.44. The third-order valence-corrected chi connectivity index (χ3v) is 2.37. The predicted octanol–water partition coefficient (Wildman–Crippen LogP) is -2.07. The minimum atomic E-state index is -1.27. The van der Waals surface area contributed by atoms with Crippen molar-refractivity contribution in [2.75, 3.05) is 26.3 Å². The number of nitrogens with one attached hydrogen (secondary N) is 2. The number of aliphatic hydroxyl groups is 1. The highest BCUT2D eigenvalue weighted by Gasteiger charge is 2.33. The Hall–Kier alpha value is -1.18. The van der Waals surface area contributed by atoms with E-state index in [0.29, 0.717) is 13.1 Å². The largest absolute Gasteiger partial charge is 0.480 e. The van der Waals surface area contributed by atoms with E-state index in [2.05, 4.69) is 10.6 Å². The van der Waals surface area contributed by atoms with Crippen molar-refractivity contribution in [3.8, 4) is 0 Å². The Morgan fingerprint density at radius 2 is 2.19 bits per heavy atom. The molecule has 0 aromatic carbocycles. The summed E-state index contributed by atoms with van der Waals surface area (Å²) >= 11 is 0. The van der Waals surface area contributed by atoms with Gasteiger partial charge in [0.2, 0.25) is 5.91 Å². The van der Waals surface area contributed by atoms with Gasteiger partial charge in [-0.15, -0.1) is 0 Å². The number of carboxylic acids is 1. The predicted molar refractivity (Wildman–Crippen MR) is 53.9 cm³/mol. The van der Waals surface area contributed by atoms with Gasteiger partial charge in [0, 0.05) is 13.1 Å². The van der Waals surface area contributed by atoms with Crippen molar-refractivity contribution in [1.29, 1.82) is 0 Å². The number of hydrogen-bond donors (Lipinski definition) is 4. The molecular weight excluding hydrogens is 216 g/mol. The first-order valence-corrected chi connectivity index (χ1v) is 4.94. The van der Waals surface area contributed by atoms with Crippen molar-refractivity contribution in [2.24, 2.45) is 0 Å². The van der Waals surface area contributed by atoms with Crippen molar-refractivity contribution in [2.45, 2.75) is 18.6 Å². The number of amides is 1. The Morgan fingerprint density at radius 3 is 2.56 bits per heavy atom. The van der Waals surface area contributed by atoms with Gasteiger partial charge in [-0.25, -0.2) is 4.79 Å². The monoisotopic (exact) mass is 232 g/mol. The van der Waals surface area contributed by atoms with Crippen LogP contribution < -0.4 is 10.6 Å². The number of carboxylic acid groups (broad SMARTS) is 1. The Balaban J connectivity index is 2.27. The summed E-state index contributed by atoms with van der Waals surface area (Å²) in [5, 5.41) is 22.4. The Bertz CT molecular complexity index is 277. The van der Waals surface area contributed by atoms with Crippen LogP contribution in [0.15, 0.2) is 0 Å². The fraction of sp³-hybridized carbons (Fsp3) is 0.778. The molecule has 16 heavy (non-hydrogen) atoms. The number of hydrogen-bond acceptors (Lipinski definition) is 5. The zero-order valence-electron chi connectivity index (χ0n) is 9.02. The zero-order chi connectivity index (χ0) is 12.2. The maximum atomic E-state index is 11.3. The van der Waals surface area contributed by atoms with E-state index in [-0.39, 0.29) is 12.2 Å². The average molecular weight is 232 g/mol. The molecule has 7 nitrogen and oxygen atoms in total. The smallest absolute Gasteiger partial charge is 0.328 e. The molecule has 0 aliphatic carbocycles. The molecule has 1 amide bonds. The van der Waals surface area contributed by atoms with E-state index in [4.69, 9.17) is 14.9 Å². The van der Waals surface area contributed by atoms with Crippen LogP contribution in [0.3, 0.4) is 0 Å². The van der Waals surface area contributed by atoms with Gasteiger partial charge in [0.25, 0.3) is 0 Å². The molecule has 1 rings (SSSR count). The van der Waals surface area contributed by atoms with Gasteiger partial charge in [0.1, 0.15) is 12.6 Å². The quantitative estimate of drug-likeness (QED) is 0.419. The summed E-state index contributed by atoms with van der Waals surface area (Å²) < 4.78 is 5.30. The molecule has 0 spiro atoms. The topological polar surface area (TPSA) is 108 Å². The van der Waals surface area contributed by atoms with Gasteiger partial charge in [-0.1, -0.05) is 0 Å². The molecule has 7 heteroatoms. The third-order valence-electron chi connectivity index (χ3n) is 2.37. The minimum Gasteiger partial charge on any atom is -0.480 e. The molecule has 0 saturated carbocycles. The van der Waals surface area contributed by atoms with Gasteiger partial charge in [0.05, 0.1) is 12.2 Å². The van der Waals surface area contributed by atoms with Crippen LogP contribution in [0.1, 0.15) is 6.92 Å². The number of rotatable bonds is 6. The molecule has 1 saturated heterocycles. The van der Waals surface area contributed by atoms with E-state index in [0.717, 1.165) is 0 Å². The summed E-state index contributed by atoms with van der Waals surface area (Å²) in [5.74, 6) is -1.82. The molecule has 1 aliphatic rings. The SMILES string of the molecule is CC1(OCC(=O)N[C@H](CO)C(=O)O)CNC1. The molecular formula is C9H16N2O5. The number of aliphatic hydroxyl groups excluding tert-OH is 1. The lowest BCUT2D eigenvalue weighted by Crippen LogP contribution is -2.60. The lowest BCUT2D eigenvalue weighted by molar-refractivity contribution is -0.146. The van der Waals surface area contributed by atoms with E-state index < -0.39 is 24.5 Å². The molecule has 92 valence electrons. The highest BCUT2D eigenvalue weighted by Crippen LogP contribution is 2.14. The van der Waals surface area contributed by atoms with Gasteiger partial charge >= 0.3 is 5.97 Å². The number of aliphatic carboxylic acids is 1. The van der Waals surface area contributed by atoms with Gasteiger partial charge in [-0.05, 0) is 6.92 Å². The van der Waals surface area contributed by atoms with Gasteiger partial charge < -0.3 is 25.6 Å². The fourth-order valence-corrected chi connectivity index (χ4v) is 1.24. The second-order valence-electron chi connectivity index (χ2n) is 3.98. The summed E-state index contributed by atoms with van der Waals surface area (Å²) in [4.78, 5) is 21.8. The molecule has 4 N–H and O–H groups in total. The first-order chi connectivity index (χ1) is 7.47. The van der Waals surface area contributed by atoms with Crippen LogP contribution in [0.5, 0.6) is 0 Å². The number of carbonyl (C=O) groups excluding carboxylic acids is 1. The average Bonchev–Trinajstić information content (AvgIpc) is 2.19. The van der Waals surface area contributed by atoms with Crippen molar-refractivity contribution < 1.29 is 24.5 Å². The van der Waals surface area contributed by atoms with E-state index in [1.807, 2.05) is 6.92 Å². The molecule has 0 aromatic heterocycles. The first-order valence-electron chi connectivity index (χ1n) is 4.94. The molecule has 0 radical (unpaired) electrons. The normalized spacial score (nSPS) is 19.6. The fourth-order valence-electron chi connectivity index (χ4n) is 1.24. The summed E-state index contributed by atoms with van der Waals surface area (Å²) in [6.45, 7) is 2.35. The lowest BCUT2D eigenvalue weighted by atomic mass is 10.0. The Kier molecular flexibility index (Phi) is 4.22. The van der Waals surface area contributed by atoms with Crippen molar-refractivity contribution in [3.05, 3.63) is 0 Å². The maximum Gasteiger partial charge on any atom is 0.328 e. The van der Waals surface area contributed by atoms with Crippen LogP contribution in [0.4, 0.5) is 0 Å². The minimum absolute atomic E-state index is 0.206. The van der Waals surface area contributed by atoms with Crippen LogP contribution in [-0.4, -0.2) is 60.0 Å². The van der Waals surface area contributed by atoms with Crippen molar-refractivity contribution >= 4 is 11.9 Å². The van der Waals surface area contributed by atoms with Crippen LogP contribution >= 0.6 is 0 Å². The van der Waals surface area contributed by atoms with Gasteiger partial charge in [0.15, 0.2) is 0 Å². The Morgan fingerprint density at radius 1 is 1.56 bits per heavy atom. The molecule has 0 unspecified atom stereocenters. The van der Waals surface area contributed by atoms with Crippen LogP contribution in [0, 0.1) is 0 Å². The van der Waals surface area contributed by atoms with Gasteiger partial charge in [-0.3, -0.25) is 4.79 Å². The number of carbonyl (C=O) groups is 2. The van der Waals surface area contributed by atoms with E-state index in [9.17, 15) is 9.59 Å².